The Morgan fingerprint density at radius 2 is 1.76 bits per heavy atom. The third-order valence-electron chi connectivity index (χ3n) is 3.23. The molecule has 0 heterocycles. The normalized spacial score (nSPS) is 16.1. The Balaban J connectivity index is 4.01. The van der Waals surface area contributed by atoms with E-state index in [0.29, 0.717) is 18.5 Å². The van der Waals surface area contributed by atoms with Gasteiger partial charge in [-0.2, -0.15) is 0 Å². The molecule has 17 heavy (non-hydrogen) atoms. The zero-order valence-electron chi connectivity index (χ0n) is 11.9. The van der Waals surface area contributed by atoms with Crippen LogP contribution in [0.3, 0.4) is 0 Å². The van der Waals surface area contributed by atoms with E-state index in [9.17, 15) is 8.42 Å². The molecule has 0 aromatic rings. The maximum Gasteiger partial charge on any atom is 0.214 e. The highest BCUT2D eigenvalue weighted by Crippen LogP contribution is 2.11. The highest BCUT2D eigenvalue weighted by Gasteiger charge is 2.15. The molecule has 0 radical (unpaired) electrons. The average molecular weight is 264 g/mol. The van der Waals surface area contributed by atoms with Crippen LogP contribution in [0.2, 0.25) is 0 Å². The maximum atomic E-state index is 11.6. The highest BCUT2D eigenvalue weighted by atomic mass is 32.2. The smallest absolute Gasteiger partial charge is 0.214 e. The van der Waals surface area contributed by atoms with E-state index >= 15 is 0 Å². The number of hydrogen-bond acceptors (Lipinski definition) is 3. The van der Waals surface area contributed by atoms with Gasteiger partial charge >= 0.3 is 0 Å². The molecule has 2 atom stereocenters. The molecule has 2 unspecified atom stereocenters. The summed E-state index contributed by atoms with van der Waals surface area (Å²) in [5.41, 5.74) is 0. The molecule has 0 aliphatic carbocycles. The summed E-state index contributed by atoms with van der Waals surface area (Å²) < 4.78 is 24.4. The summed E-state index contributed by atoms with van der Waals surface area (Å²) in [6.07, 6.45) is 3.34. The maximum absolute atomic E-state index is 11.6. The van der Waals surface area contributed by atoms with Crippen LogP contribution in [-0.2, 0) is 10.0 Å². The summed E-state index contributed by atoms with van der Waals surface area (Å²) in [6, 6.07) is 0.433. The first kappa shape index (κ1) is 16.9. The van der Waals surface area contributed by atoms with Gasteiger partial charge < -0.3 is 5.32 Å². The highest BCUT2D eigenvalue weighted by molar-refractivity contribution is 7.89. The van der Waals surface area contributed by atoms with Crippen LogP contribution < -0.4 is 5.32 Å². The van der Waals surface area contributed by atoms with Gasteiger partial charge in [-0.3, -0.25) is 0 Å². The molecule has 104 valence electrons. The van der Waals surface area contributed by atoms with Crippen molar-refractivity contribution in [2.75, 3.05) is 26.4 Å². The van der Waals surface area contributed by atoms with Crippen LogP contribution in [-0.4, -0.2) is 45.2 Å². The molecule has 0 rings (SSSR count). The van der Waals surface area contributed by atoms with Crippen molar-refractivity contribution in [3.05, 3.63) is 0 Å². The minimum Gasteiger partial charge on any atom is -0.313 e. The second-order valence-corrected chi connectivity index (χ2v) is 7.21. The van der Waals surface area contributed by atoms with Crippen LogP contribution in [0.1, 0.15) is 40.0 Å². The zero-order valence-corrected chi connectivity index (χ0v) is 12.7. The first-order valence-electron chi connectivity index (χ1n) is 6.47. The number of hydrogen-bond donors (Lipinski definition) is 1. The van der Waals surface area contributed by atoms with E-state index in [4.69, 9.17) is 0 Å². The predicted molar refractivity (Wildman–Crippen MR) is 73.6 cm³/mol. The Bertz CT molecular complexity index is 289. The zero-order chi connectivity index (χ0) is 13.5. The van der Waals surface area contributed by atoms with Crippen LogP contribution >= 0.6 is 0 Å². The predicted octanol–water partition coefficient (Wildman–Crippen LogP) is 1.68. The Morgan fingerprint density at radius 3 is 2.18 bits per heavy atom. The van der Waals surface area contributed by atoms with Crippen molar-refractivity contribution >= 4 is 10.0 Å². The first-order valence-corrected chi connectivity index (χ1v) is 8.07. The summed E-state index contributed by atoms with van der Waals surface area (Å²) in [7, 11) is 0.0851. The lowest BCUT2D eigenvalue weighted by molar-refractivity contribution is 0.390. The topological polar surface area (TPSA) is 49.4 Å². The molecule has 0 saturated carbocycles. The van der Waals surface area contributed by atoms with Gasteiger partial charge in [0.15, 0.2) is 0 Å². The van der Waals surface area contributed by atoms with E-state index < -0.39 is 10.0 Å². The van der Waals surface area contributed by atoms with E-state index in [1.807, 2.05) is 0 Å². The van der Waals surface area contributed by atoms with Crippen molar-refractivity contribution in [3.63, 3.8) is 0 Å². The second kappa shape index (κ2) is 8.06. The van der Waals surface area contributed by atoms with Gasteiger partial charge in [0.2, 0.25) is 10.0 Å². The fraction of sp³-hybridized carbons (Fsp3) is 1.00. The van der Waals surface area contributed by atoms with Gasteiger partial charge in [-0.05, 0) is 18.8 Å². The monoisotopic (exact) mass is 264 g/mol. The van der Waals surface area contributed by atoms with Crippen molar-refractivity contribution in [1.82, 2.24) is 9.62 Å². The number of nitrogens with one attached hydrogen (secondary N) is 1. The van der Waals surface area contributed by atoms with E-state index in [1.165, 1.54) is 10.7 Å². The molecule has 0 bridgehead atoms. The molecule has 0 amide bonds. The number of sulfonamides is 1. The lowest BCUT2D eigenvalue weighted by atomic mass is 9.98. The Hall–Kier alpha value is -0.130. The minimum absolute atomic E-state index is 0.178. The van der Waals surface area contributed by atoms with Crippen molar-refractivity contribution in [1.29, 1.82) is 0 Å². The number of rotatable bonds is 9. The molecule has 0 aromatic carbocycles. The van der Waals surface area contributed by atoms with E-state index in [2.05, 4.69) is 26.1 Å². The van der Waals surface area contributed by atoms with Crippen molar-refractivity contribution in [2.24, 2.45) is 5.92 Å². The summed E-state index contributed by atoms with van der Waals surface area (Å²) >= 11 is 0. The molecule has 0 aliphatic rings. The van der Waals surface area contributed by atoms with E-state index in [-0.39, 0.29) is 5.75 Å². The summed E-state index contributed by atoms with van der Waals surface area (Å²) in [5.74, 6) is 0.870. The van der Waals surface area contributed by atoms with E-state index in [1.54, 1.807) is 14.1 Å². The molecule has 0 fully saturated rings. The van der Waals surface area contributed by atoms with Gasteiger partial charge in [0.25, 0.3) is 0 Å². The quantitative estimate of drug-likeness (QED) is 0.689. The Kier molecular flexibility index (Phi) is 8.00. The third-order valence-corrected chi connectivity index (χ3v) is 5.06. The summed E-state index contributed by atoms with van der Waals surface area (Å²) in [6.45, 7) is 7.10. The van der Waals surface area contributed by atoms with Gasteiger partial charge in [0.05, 0.1) is 5.75 Å². The summed E-state index contributed by atoms with van der Waals surface area (Å²) in [5, 5.41) is 3.34. The van der Waals surface area contributed by atoms with Gasteiger partial charge in [-0.15, -0.1) is 0 Å². The lowest BCUT2D eigenvalue weighted by Crippen LogP contribution is -2.36. The third kappa shape index (κ3) is 7.01. The molecule has 4 nitrogen and oxygen atoms in total. The molecule has 5 heteroatoms. The molecule has 0 aromatic heterocycles. The molecule has 0 aliphatic heterocycles. The largest absolute Gasteiger partial charge is 0.313 e. The minimum atomic E-state index is -3.07. The van der Waals surface area contributed by atoms with Crippen molar-refractivity contribution in [2.45, 2.75) is 46.1 Å². The summed E-state index contributed by atoms with van der Waals surface area (Å²) in [4.78, 5) is 0. The van der Waals surface area contributed by atoms with Gasteiger partial charge in [0, 0.05) is 26.7 Å². The van der Waals surface area contributed by atoms with Gasteiger partial charge in [-0.1, -0.05) is 27.2 Å². The van der Waals surface area contributed by atoms with Crippen molar-refractivity contribution < 1.29 is 8.42 Å². The Morgan fingerprint density at radius 1 is 1.18 bits per heavy atom. The lowest BCUT2D eigenvalue weighted by Gasteiger charge is -2.21. The van der Waals surface area contributed by atoms with Crippen LogP contribution in [0.25, 0.3) is 0 Å². The van der Waals surface area contributed by atoms with Crippen LogP contribution in [0.5, 0.6) is 0 Å². The van der Waals surface area contributed by atoms with Crippen LogP contribution in [0.4, 0.5) is 0 Å². The molecular formula is C12H28N2O2S. The molecule has 0 spiro atoms. The van der Waals surface area contributed by atoms with Crippen LogP contribution in [0.15, 0.2) is 0 Å². The first-order chi connectivity index (χ1) is 7.83. The average Bonchev–Trinajstić information content (AvgIpc) is 2.26. The van der Waals surface area contributed by atoms with Gasteiger partial charge in [-0.25, -0.2) is 12.7 Å². The van der Waals surface area contributed by atoms with Crippen LogP contribution in [0, 0.1) is 5.92 Å². The van der Waals surface area contributed by atoms with Gasteiger partial charge in [0.1, 0.15) is 0 Å². The SMILES string of the molecule is CCC(C)CC(CC)NCCS(=O)(=O)N(C)C. The fourth-order valence-corrected chi connectivity index (χ4v) is 2.36. The Labute approximate surface area is 107 Å². The van der Waals surface area contributed by atoms with Crippen molar-refractivity contribution in [3.8, 4) is 0 Å². The standard InChI is InChI=1S/C12H28N2O2S/c1-6-11(3)10-12(7-2)13-8-9-17(15,16)14(4)5/h11-13H,6-10H2,1-5H3. The molecular weight excluding hydrogens is 236 g/mol. The number of nitrogens with zero attached hydrogens (tertiary/aromatic N) is 1. The molecule has 1 N–H and O–H groups in total. The van der Waals surface area contributed by atoms with E-state index in [0.717, 1.165) is 12.8 Å². The fourth-order valence-electron chi connectivity index (χ4n) is 1.62. The molecule has 0 saturated heterocycles. The second-order valence-electron chi connectivity index (χ2n) is 4.91.